The summed E-state index contributed by atoms with van der Waals surface area (Å²) in [5.74, 6) is -0.260. The lowest BCUT2D eigenvalue weighted by molar-refractivity contribution is -0.384. The zero-order valence-electron chi connectivity index (χ0n) is 14.1. The van der Waals surface area contributed by atoms with Crippen molar-refractivity contribution in [2.24, 2.45) is 0 Å². The van der Waals surface area contributed by atoms with Crippen LogP contribution in [0.25, 0.3) is 17.4 Å². The Bertz CT molecular complexity index is 1220. The number of furan rings is 1. The van der Waals surface area contributed by atoms with Crippen molar-refractivity contribution in [3.8, 4) is 17.4 Å². The molecule has 0 N–H and O–H groups in total. The van der Waals surface area contributed by atoms with E-state index in [1.54, 1.807) is 12.1 Å². The van der Waals surface area contributed by atoms with E-state index in [1.165, 1.54) is 30.3 Å². The molecule has 0 fully saturated rings. The molecule has 3 aromatic rings. The number of nitriles is 1. The van der Waals surface area contributed by atoms with Crippen LogP contribution in [0.1, 0.15) is 5.76 Å². The van der Waals surface area contributed by atoms with Gasteiger partial charge >= 0.3 is 0 Å². The molecule has 140 valence electrons. The predicted octanol–water partition coefficient (Wildman–Crippen LogP) is 4.33. The van der Waals surface area contributed by atoms with Gasteiger partial charge in [0.05, 0.1) is 9.82 Å². The number of hydrogen-bond donors (Lipinski definition) is 0. The van der Waals surface area contributed by atoms with E-state index < -0.39 is 25.5 Å². The fourth-order valence-corrected chi connectivity index (χ4v) is 3.54. The second-order valence-corrected chi connectivity index (χ2v) is 7.51. The van der Waals surface area contributed by atoms with Crippen molar-refractivity contribution in [1.29, 1.82) is 5.26 Å². The zero-order chi connectivity index (χ0) is 20.3. The third-order valence-corrected chi connectivity index (χ3v) is 5.45. The van der Waals surface area contributed by atoms with Gasteiger partial charge in [0.1, 0.15) is 23.4 Å². The van der Waals surface area contributed by atoms with Crippen molar-refractivity contribution in [3.63, 3.8) is 0 Å². The Labute approximate surface area is 159 Å². The number of sulfone groups is 1. The fraction of sp³-hybridized carbons (Fsp3) is 0. The highest BCUT2D eigenvalue weighted by Crippen LogP contribution is 2.28. The van der Waals surface area contributed by atoms with E-state index in [9.17, 15) is 28.2 Å². The molecule has 2 aromatic carbocycles. The number of benzene rings is 2. The zero-order valence-corrected chi connectivity index (χ0v) is 14.9. The molecule has 1 heterocycles. The summed E-state index contributed by atoms with van der Waals surface area (Å²) in [5.41, 5.74) is 0.302. The van der Waals surface area contributed by atoms with Crippen molar-refractivity contribution in [2.75, 3.05) is 0 Å². The van der Waals surface area contributed by atoms with Crippen LogP contribution in [0.4, 0.5) is 10.1 Å². The minimum atomic E-state index is -4.16. The number of nitrogens with zero attached hydrogens (tertiary/aromatic N) is 2. The van der Waals surface area contributed by atoms with Gasteiger partial charge in [0.15, 0.2) is 4.91 Å². The summed E-state index contributed by atoms with van der Waals surface area (Å²) in [4.78, 5) is 9.52. The van der Waals surface area contributed by atoms with Gasteiger partial charge in [-0.3, -0.25) is 10.1 Å². The predicted molar refractivity (Wildman–Crippen MR) is 98.0 cm³/mol. The first-order valence-electron chi connectivity index (χ1n) is 7.78. The maximum Gasteiger partial charge on any atom is 0.270 e. The van der Waals surface area contributed by atoms with Crippen molar-refractivity contribution >= 4 is 21.6 Å². The molecule has 0 aliphatic carbocycles. The number of halogens is 1. The van der Waals surface area contributed by atoms with Gasteiger partial charge in [0.25, 0.3) is 5.69 Å². The second-order valence-electron chi connectivity index (χ2n) is 5.59. The maximum atomic E-state index is 13.0. The van der Waals surface area contributed by atoms with Crippen molar-refractivity contribution in [2.45, 2.75) is 4.90 Å². The average Bonchev–Trinajstić information content (AvgIpc) is 3.15. The van der Waals surface area contributed by atoms with Crippen LogP contribution in [0.2, 0.25) is 0 Å². The molecular weight excluding hydrogens is 387 g/mol. The third-order valence-electron chi connectivity index (χ3n) is 3.77. The minimum absolute atomic E-state index is 0.0729. The average molecular weight is 398 g/mol. The first-order chi connectivity index (χ1) is 13.3. The van der Waals surface area contributed by atoms with E-state index in [2.05, 4.69) is 0 Å². The van der Waals surface area contributed by atoms with Gasteiger partial charge in [0, 0.05) is 23.8 Å². The topological polar surface area (TPSA) is 114 Å². The van der Waals surface area contributed by atoms with Crippen LogP contribution in [0, 0.1) is 27.3 Å². The molecule has 0 amide bonds. The molecule has 0 saturated heterocycles. The molecule has 0 bridgehead atoms. The SMILES string of the molecule is N#C/C(=C\c1ccc(-c2cccc([N+](=O)[O-])c2)o1)S(=O)(=O)c1ccc(F)cc1. The molecule has 3 rings (SSSR count). The van der Waals surface area contributed by atoms with Crippen LogP contribution in [0.15, 0.2) is 74.9 Å². The lowest BCUT2D eigenvalue weighted by atomic mass is 10.1. The van der Waals surface area contributed by atoms with Gasteiger partial charge in [0.2, 0.25) is 9.84 Å². The van der Waals surface area contributed by atoms with Gasteiger partial charge in [-0.15, -0.1) is 0 Å². The first kappa shape index (κ1) is 19.0. The lowest BCUT2D eigenvalue weighted by Gasteiger charge is -2.02. The molecule has 7 nitrogen and oxygen atoms in total. The minimum Gasteiger partial charge on any atom is -0.457 e. The largest absolute Gasteiger partial charge is 0.457 e. The normalized spacial score (nSPS) is 11.8. The highest BCUT2D eigenvalue weighted by atomic mass is 32.2. The van der Waals surface area contributed by atoms with E-state index in [0.29, 0.717) is 5.56 Å². The summed E-state index contributed by atoms with van der Waals surface area (Å²) in [5, 5.41) is 20.2. The summed E-state index contributed by atoms with van der Waals surface area (Å²) < 4.78 is 43.6. The number of hydrogen-bond acceptors (Lipinski definition) is 6. The summed E-state index contributed by atoms with van der Waals surface area (Å²) in [6.07, 6.45) is 1.04. The Balaban J connectivity index is 1.97. The van der Waals surface area contributed by atoms with Gasteiger partial charge in [-0.05, 0) is 36.4 Å². The van der Waals surface area contributed by atoms with Crippen LogP contribution in [-0.4, -0.2) is 13.3 Å². The number of allylic oxidation sites excluding steroid dienone is 1. The van der Waals surface area contributed by atoms with E-state index in [0.717, 1.165) is 30.3 Å². The van der Waals surface area contributed by atoms with Gasteiger partial charge in [-0.2, -0.15) is 5.26 Å². The molecule has 0 radical (unpaired) electrons. The summed E-state index contributed by atoms with van der Waals surface area (Å²) >= 11 is 0. The Morgan fingerprint density at radius 3 is 2.50 bits per heavy atom. The van der Waals surface area contributed by atoms with Gasteiger partial charge in [-0.1, -0.05) is 12.1 Å². The quantitative estimate of drug-likeness (QED) is 0.273. The number of nitro benzene ring substituents is 1. The van der Waals surface area contributed by atoms with Crippen LogP contribution in [0.3, 0.4) is 0 Å². The molecule has 28 heavy (non-hydrogen) atoms. The molecule has 1 aromatic heterocycles. The first-order valence-corrected chi connectivity index (χ1v) is 9.27. The monoisotopic (exact) mass is 398 g/mol. The number of nitro groups is 1. The standard InChI is InChI=1S/C19H11FN2O5S/c20-14-4-7-17(8-5-14)28(25,26)18(12-21)11-16-6-9-19(27-16)13-2-1-3-15(10-13)22(23)24/h1-11H/b18-11+. The molecule has 0 aliphatic heterocycles. The molecule has 0 saturated carbocycles. The molecular formula is C19H11FN2O5S. The van der Waals surface area contributed by atoms with Crippen LogP contribution >= 0.6 is 0 Å². The summed E-state index contributed by atoms with van der Waals surface area (Å²) in [6, 6.07) is 14.4. The van der Waals surface area contributed by atoms with Gasteiger partial charge < -0.3 is 4.42 Å². The van der Waals surface area contributed by atoms with E-state index in [1.807, 2.05) is 0 Å². The lowest BCUT2D eigenvalue weighted by Crippen LogP contribution is -2.03. The number of rotatable bonds is 5. The maximum absolute atomic E-state index is 13.0. The van der Waals surface area contributed by atoms with Crippen LogP contribution < -0.4 is 0 Å². The van der Waals surface area contributed by atoms with Gasteiger partial charge in [-0.25, -0.2) is 12.8 Å². The van der Waals surface area contributed by atoms with Crippen LogP contribution in [0.5, 0.6) is 0 Å². The highest BCUT2D eigenvalue weighted by Gasteiger charge is 2.21. The Hall–Kier alpha value is -3.77. The molecule has 0 unspecified atom stereocenters. The smallest absolute Gasteiger partial charge is 0.270 e. The second kappa shape index (κ2) is 7.46. The molecule has 0 atom stereocenters. The van der Waals surface area contributed by atoms with Crippen LogP contribution in [-0.2, 0) is 9.84 Å². The summed E-state index contributed by atoms with van der Waals surface area (Å²) in [7, 11) is -4.16. The fourth-order valence-electron chi connectivity index (χ4n) is 2.40. The van der Waals surface area contributed by atoms with E-state index in [4.69, 9.17) is 4.42 Å². The van der Waals surface area contributed by atoms with E-state index in [-0.39, 0.29) is 22.1 Å². The Morgan fingerprint density at radius 2 is 1.86 bits per heavy atom. The Kier molecular flexibility index (Phi) is 5.06. The molecule has 9 heteroatoms. The van der Waals surface area contributed by atoms with Crippen molar-refractivity contribution < 1.29 is 22.1 Å². The molecule has 0 aliphatic rings. The Morgan fingerprint density at radius 1 is 1.14 bits per heavy atom. The summed E-state index contributed by atoms with van der Waals surface area (Å²) in [6.45, 7) is 0. The third kappa shape index (κ3) is 3.82. The number of non-ortho nitro benzene ring substituents is 1. The van der Waals surface area contributed by atoms with E-state index >= 15 is 0 Å². The highest BCUT2D eigenvalue weighted by molar-refractivity contribution is 7.95. The molecule has 0 spiro atoms. The van der Waals surface area contributed by atoms with Crippen molar-refractivity contribution in [3.05, 3.63) is 87.3 Å². The van der Waals surface area contributed by atoms with Crippen molar-refractivity contribution in [1.82, 2.24) is 0 Å².